The van der Waals surface area contributed by atoms with Gasteiger partial charge in [-0.3, -0.25) is 10.1 Å². The molecule has 0 atom stereocenters. The van der Waals surface area contributed by atoms with E-state index >= 15 is 0 Å². The molecule has 0 fully saturated rings. The van der Waals surface area contributed by atoms with Crippen molar-refractivity contribution in [1.82, 2.24) is 10.2 Å². The molecule has 0 saturated carbocycles. The van der Waals surface area contributed by atoms with Gasteiger partial charge in [0, 0.05) is 5.02 Å². The number of carbonyl (C=O) groups is 1. The van der Waals surface area contributed by atoms with E-state index in [9.17, 15) is 23.2 Å². The summed E-state index contributed by atoms with van der Waals surface area (Å²) in [6.45, 7) is 2.47. The Hall–Kier alpha value is -3.62. The number of amides is 1. The van der Waals surface area contributed by atoms with Gasteiger partial charge in [0.2, 0.25) is 10.1 Å². The Balaban J connectivity index is 1.53. The fraction of sp³-hybridized carbons (Fsp3) is 0.182. The monoisotopic (exact) mass is 508 g/mol. The number of hydrogen-bond donors (Lipinski definition) is 1. The van der Waals surface area contributed by atoms with E-state index in [1.165, 1.54) is 6.08 Å². The molecular formula is C22H16ClF3N4O3S. The molecule has 0 unspecified atom stereocenters. The Labute approximate surface area is 201 Å². The summed E-state index contributed by atoms with van der Waals surface area (Å²) >= 11 is 6.14. The Bertz CT molecular complexity index is 1240. The van der Waals surface area contributed by atoms with Gasteiger partial charge in [-0.05, 0) is 54.5 Å². The maximum Gasteiger partial charge on any atom is 0.445 e. The van der Waals surface area contributed by atoms with Crippen LogP contribution in [0.15, 0.2) is 48.0 Å². The number of nitrogens with one attached hydrogen (secondary N) is 1. The number of halogens is 4. The Kier molecular flexibility index (Phi) is 8.09. The predicted molar refractivity (Wildman–Crippen MR) is 121 cm³/mol. The van der Waals surface area contributed by atoms with Crippen LogP contribution in [0.2, 0.25) is 5.02 Å². The van der Waals surface area contributed by atoms with Crippen LogP contribution in [-0.4, -0.2) is 29.3 Å². The number of benzene rings is 2. The van der Waals surface area contributed by atoms with E-state index in [4.69, 9.17) is 21.1 Å². The Morgan fingerprint density at radius 3 is 2.38 bits per heavy atom. The normalized spacial score (nSPS) is 11.6. The zero-order valence-electron chi connectivity index (χ0n) is 17.5. The highest BCUT2D eigenvalue weighted by atomic mass is 35.5. The number of nitrogens with zero attached hydrogens (tertiary/aromatic N) is 3. The SMILES string of the molecule is Cc1cc(OCCOc2ccc(/C=C(/C#N)C(=O)Nc3nnc(C(F)(F)F)s3)cc2)ccc1Cl. The average molecular weight is 509 g/mol. The lowest BCUT2D eigenvalue weighted by atomic mass is 10.1. The van der Waals surface area contributed by atoms with E-state index < -0.39 is 17.1 Å². The summed E-state index contributed by atoms with van der Waals surface area (Å²) in [5.74, 6) is 0.322. The maximum absolute atomic E-state index is 12.6. The standard InChI is InChI=1S/C22H16ClF3N4O3S/c1-13-10-17(6-7-18(13)23)33-9-8-32-16-4-2-14(3-5-16)11-15(12-27)19(31)28-21-30-29-20(34-21)22(24,25)26/h2-7,10-11H,8-9H2,1H3,(H,28,30,31)/b15-11-. The van der Waals surface area contributed by atoms with Crippen molar-refractivity contribution in [2.24, 2.45) is 0 Å². The maximum atomic E-state index is 12.6. The third-order valence-corrected chi connectivity index (χ3v) is 5.50. The molecule has 7 nitrogen and oxygen atoms in total. The zero-order valence-corrected chi connectivity index (χ0v) is 19.1. The number of aryl methyl sites for hydroxylation is 1. The fourth-order valence-corrected chi connectivity index (χ4v) is 3.28. The molecule has 0 radical (unpaired) electrons. The second kappa shape index (κ2) is 11.0. The highest BCUT2D eigenvalue weighted by molar-refractivity contribution is 7.15. The molecule has 1 N–H and O–H groups in total. The van der Waals surface area contributed by atoms with Gasteiger partial charge in [-0.1, -0.05) is 35.1 Å². The molecule has 0 bridgehead atoms. The molecule has 3 aromatic rings. The van der Waals surface area contributed by atoms with Crippen LogP contribution in [0, 0.1) is 18.3 Å². The number of alkyl halides is 3. The lowest BCUT2D eigenvalue weighted by Crippen LogP contribution is -2.13. The number of carbonyl (C=O) groups excluding carboxylic acids is 1. The largest absolute Gasteiger partial charge is 0.490 e. The van der Waals surface area contributed by atoms with Crippen molar-refractivity contribution in [3.8, 4) is 17.6 Å². The molecule has 176 valence electrons. The second-order valence-electron chi connectivity index (χ2n) is 6.71. The molecule has 1 amide bonds. The summed E-state index contributed by atoms with van der Waals surface area (Å²) in [6, 6.07) is 13.6. The quantitative estimate of drug-likeness (QED) is 0.244. The van der Waals surface area contributed by atoms with Gasteiger partial charge < -0.3 is 9.47 Å². The summed E-state index contributed by atoms with van der Waals surface area (Å²) in [5.41, 5.74) is 1.10. The molecule has 1 aromatic heterocycles. The van der Waals surface area contributed by atoms with Gasteiger partial charge in [0.25, 0.3) is 5.91 Å². The fourth-order valence-electron chi connectivity index (χ4n) is 2.55. The third kappa shape index (κ3) is 6.94. The van der Waals surface area contributed by atoms with Gasteiger partial charge in [-0.25, -0.2) is 0 Å². The minimum Gasteiger partial charge on any atom is -0.490 e. The van der Waals surface area contributed by atoms with Crippen LogP contribution < -0.4 is 14.8 Å². The van der Waals surface area contributed by atoms with Gasteiger partial charge in [-0.2, -0.15) is 18.4 Å². The molecular weight excluding hydrogens is 493 g/mol. The molecule has 0 aliphatic rings. The van der Waals surface area contributed by atoms with Gasteiger partial charge in [0.05, 0.1) is 0 Å². The minimum atomic E-state index is -4.67. The highest BCUT2D eigenvalue weighted by Crippen LogP contribution is 2.33. The van der Waals surface area contributed by atoms with Gasteiger partial charge in [-0.15, -0.1) is 10.2 Å². The van der Waals surface area contributed by atoms with Crippen LogP contribution in [0.4, 0.5) is 18.3 Å². The lowest BCUT2D eigenvalue weighted by Gasteiger charge is -2.09. The van der Waals surface area contributed by atoms with Crippen LogP contribution in [0.1, 0.15) is 16.1 Å². The Morgan fingerprint density at radius 2 is 1.79 bits per heavy atom. The van der Waals surface area contributed by atoms with Crippen LogP contribution in [-0.2, 0) is 11.0 Å². The average Bonchev–Trinajstić information content (AvgIpc) is 3.27. The smallest absolute Gasteiger partial charge is 0.445 e. The van der Waals surface area contributed by atoms with E-state index in [0.29, 0.717) is 28.7 Å². The molecule has 2 aromatic carbocycles. The van der Waals surface area contributed by atoms with E-state index in [2.05, 4.69) is 15.5 Å². The van der Waals surface area contributed by atoms with Crippen LogP contribution in [0.5, 0.6) is 11.5 Å². The van der Waals surface area contributed by atoms with Crippen LogP contribution in [0.25, 0.3) is 6.08 Å². The summed E-state index contributed by atoms with van der Waals surface area (Å²) in [5, 5.41) is 16.7. The van der Waals surface area contributed by atoms with E-state index in [1.807, 2.05) is 13.0 Å². The first kappa shape index (κ1) is 25.0. The number of ether oxygens (including phenoxy) is 2. The van der Waals surface area contributed by atoms with Crippen LogP contribution in [0.3, 0.4) is 0 Å². The first-order valence-corrected chi connectivity index (χ1v) is 10.8. The highest BCUT2D eigenvalue weighted by Gasteiger charge is 2.35. The van der Waals surface area contributed by atoms with Gasteiger partial charge >= 0.3 is 6.18 Å². The van der Waals surface area contributed by atoms with Crippen molar-refractivity contribution in [3.63, 3.8) is 0 Å². The first-order chi connectivity index (χ1) is 16.2. The number of nitriles is 1. The summed E-state index contributed by atoms with van der Waals surface area (Å²) in [7, 11) is 0. The molecule has 1 heterocycles. The summed E-state index contributed by atoms with van der Waals surface area (Å²) in [4.78, 5) is 12.2. The molecule has 34 heavy (non-hydrogen) atoms. The first-order valence-electron chi connectivity index (χ1n) is 9.61. The van der Waals surface area contributed by atoms with Crippen molar-refractivity contribution in [2.45, 2.75) is 13.1 Å². The predicted octanol–water partition coefficient (Wildman–Crippen LogP) is 5.52. The topological polar surface area (TPSA) is 97.1 Å². The van der Waals surface area contributed by atoms with E-state index in [-0.39, 0.29) is 28.6 Å². The number of hydrogen-bond acceptors (Lipinski definition) is 7. The van der Waals surface area contributed by atoms with E-state index in [0.717, 1.165) is 5.56 Å². The molecule has 12 heteroatoms. The van der Waals surface area contributed by atoms with E-state index in [1.54, 1.807) is 42.5 Å². The summed E-state index contributed by atoms with van der Waals surface area (Å²) < 4.78 is 49.0. The number of anilines is 1. The van der Waals surface area contributed by atoms with Gasteiger partial charge in [0.15, 0.2) is 0 Å². The molecule has 0 spiro atoms. The molecule has 0 aliphatic heterocycles. The second-order valence-corrected chi connectivity index (χ2v) is 8.10. The van der Waals surface area contributed by atoms with Crippen molar-refractivity contribution in [1.29, 1.82) is 5.26 Å². The third-order valence-electron chi connectivity index (χ3n) is 4.19. The molecule has 0 aliphatic carbocycles. The van der Waals surface area contributed by atoms with Crippen molar-refractivity contribution in [3.05, 3.63) is 69.2 Å². The lowest BCUT2D eigenvalue weighted by molar-refractivity contribution is -0.138. The van der Waals surface area contributed by atoms with Crippen molar-refractivity contribution < 1.29 is 27.4 Å². The van der Waals surface area contributed by atoms with Crippen molar-refractivity contribution >= 4 is 40.1 Å². The minimum absolute atomic E-state index is 0.165. The number of rotatable bonds is 8. The summed E-state index contributed by atoms with van der Waals surface area (Å²) in [6.07, 6.45) is -3.38. The molecule has 0 saturated heterocycles. The Morgan fingerprint density at radius 1 is 1.15 bits per heavy atom. The number of aromatic nitrogens is 2. The van der Waals surface area contributed by atoms with Gasteiger partial charge in [0.1, 0.15) is 36.4 Å². The molecule has 3 rings (SSSR count). The zero-order chi connectivity index (χ0) is 24.7. The van der Waals surface area contributed by atoms with Crippen molar-refractivity contribution in [2.75, 3.05) is 18.5 Å². The van der Waals surface area contributed by atoms with Crippen LogP contribution >= 0.6 is 22.9 Å².